The second-order valence-electron chi connectivity index (χ2n) is 5.60. The zero-order chi connectivity index (χ0) is 14.5. The fraction of sp³-hybridized carbons (Fsp3) is 0.600. The minimum Gasteiger partial charge on any atom is -0.353 e. The number of anilines is 1. The lowest BCUT2D eigenvalue weighted by atomic mass is 10.2. The Bertz CT molecular complexity index is 546. The molecule has 2 heterocycles. The van der Waals surface area contributed by atoms with Gasteiger partial charge in [0.2, 0.25) is 5.95 Å². The first kappa shape index (κ1) is 14.8. The smallest absolute Gasteiger partial charge is 0.243 e. The zero-order valence-electron chi connectivity index (χ0n) is 12.9. The molecule has 0 radical (unpaired) electrons. The summed E-state index contributed by atoms with van der Waals surface area (Å²) in [7, 11) is 2.17. The van der Waals surface area contributed by atoms with Crippen LogP contribution >= 0.6 is 0 Å². The average Bonchev–Trinajstić information content (AvgIpc) is 2.82. The largest absolute Gasteiger partial charge is 0.353 e. The van der Waals surface area contributed by atoms with E-state index in [0.717, 1.165) is 36.7 Å². The van der Waals surface area contributed by atoms with E-state index in [0.29, 0.717) is 6.04 Å². The number of nitrogens with one attached hydrogen (secondary N) is 1. The van der Waals surface area contributed by atoms with Crippen molar-refractivity contribution in [3.05, 3.63) is 23.9 Å². The Hall–Kier alpha value is -1.62. The van der Waals surface area contributed by atoms with Gasteiger partial charge in [-0.15, -0.1) is 5.10 Å². The van der Waals surface area contributed by atoms with E-state index >= 15 is 0 Å². The van der Waals surface area contributed by atoms with E-state index in [4.69, 9.17) is 0 Å². The maximum Gasteiger partial charge on any atom is 0.243 e. The summed E-state index contributed by atoms with van der Waals surface area (Å²) in [6.45, 7) is 8.55. The van der Waals surface area contributed by atoms with Crippen LogP contribution in [0.4, 0.5) is 5.95 Å². The van der Waals surface area contributed by atoms with Crippen molar-refractivity contribution in [2.75, 3.05) is 25.5 Å². The number of aromatic nitrogens is 3. The van der Waals surface area contributed by atoms with Gasteiger partial charge in [-0.05, 0) is 58.8 Å². The lowest BCUT2D eigenvalue weighted by molar-refractivity contribution is 0.269. The van der Waals surface area contributed by atoms with Crippen molar-refractivity contribution in [3.8, 4) is 0 Å². The van der Waals surface area contributed by atoms with Gasteiger partial charge in [-0.3, -0.25) is 0 Å². The van der Waals surface area contributed by atoms with Gasteiger partial charge in [-0.2, -0.15) is 4.98 Å². The van der Waals surface area contributed by atoms with E-state index < -0.39 is 0 Å². The highest BCUT2D eigenvalue weighted by Gasteiger charge is 2.05. The Labute approximate surface area is 121 Å². The first-order valence-corrected chi connectivity index (χ1v) is 7.34. The Balaban J connectivity index is 1.77. The predicted molar refractivity (Wildman–Crippen MR) is 83.2 cm³/mol. The lowest BCUT2D eigenvalue weighted by Gasteiger charge is -2.20. The molecule has 5 nitrogen and oxygen atoms in total. The van der Waals surface area contributed by atoms with Gasteiger partial charge in [0.1, 0.15) is 0 Å². The molecule has 0 bridgehead atoms. The van der Waals surface area contributed by atoms with Crippen LogP contribution in [0, 0.1) is 6.92 Å². The first-order valence-electron chi connectivity index (χ1n) is 7.34. The molecule has 0 saturated carbocycles. The van der Waals surface area contributed by atoms with E-state index in [9.17, 15) is 0 Å². The van der Waals surface area contributed by atoms with E-state index in [1.54, 1.807) is 0 Å². The third kappa shape index (κ3) is 3.70. The molecule has 0 amide bonds. The molecule has 0 atom stereocenters. The predicted octanol–water partition coefficient (Wildman–Crippen LogP) is 2.57. The van der Waals surface area contributed by atoms with Crippen LogP contribution in [-0.2, 0) is 0 Å². The Morgan fingerprint density at radius 1 is 1.35 bits per heavy atom. The van der Waals surface area contributed by atoms with Gasteiger partial charge < -0.3 is 10.2 Å². The normalized spacial score (nSPS) is 11.7. The molecule has 2 aromatic rings. The van der Waals surface area contributed by atoms with Crippen molar-refractivity contribution in [3.63, 3.8) is 0 Å². The Kier molecular flexibility index (Phi) is 4.95. The summed E-state index contributed by atoms with van der Waals surface area (Å²) in [5, 5.41) is 7.72. The fourth-order valence-corrected chi connectivity index (χ4v) is 2.06. The molecule has 0 fully saturated rings. The van der Waals surface area contributed by atoms with E-state index in [1.807, 2.05) is 16.8 Å². The standard InChI is InChI=1S/C15H25N5/c1-12(2)19(4)10-6-5-9-16-15-17-14-13(3)8-7-11-20(14)18-15/h7-8,11-12H,5-6,9-10H2,1-4H3,(H,16,18). The number of hydrogen-bond acceptors (Lipinski definition) is 4. The minimum absolute atomic E-state index is 0.617. The quantitative estimate of drug-likeness (QED) is 0.789. The summed E-state index contributed by atoms with van der Waals surface area (Å²) in [5.41, 5.74) is 2.07. The van der Waals surface area contributed by atoms with Gasteiger partial charge in [0, 0.05) is 18.8 Å². The summed E-state index contributed by atoms with van der Waals surface area (Å²) in [4.78, 5) is 6.87. The van der Waals surface area contributed by atoms with Crippen LogP contribution in [0.15, 0.2) is 18.3 Å². The summed E-state index contributed by atoms with van der Waals surface area (Å²) in [6, 6.07) is 4.66. The Morgan fingerprint density at radius 3 is 2.85 bits per heavy atom. The van der Waals surface area contributed by atoms with Crippen molar-refractivity contribution in [2.45, 2.75) is 39.7 Å². The topological polar surface area (TPSA) is 45.5 Å². The maximum atomic E-state index is 4.50. The van der Waals surface area contributed by atoms with Crippen molar-refractivity contribution < 1.29 is 0 Å². The molecule has 20 heavy (non-hydrogen) atoms. The number of hydrogen-bond donors (Lipinski definition) is 1. The number of rotatable bonds is 7. The first-order chi connectivity index (χ1) is 9.58. The van der Waals surface area contributed by atoms with E-state index in [2.05, 4.69) is 54.2 Å². The zero-order valence-corrected chi connectivity index (χ0v) is 12.9. The van der Waals surface area contributed by atoms with Crippen molar-refractivity contribution >= 4 is 11.6 Å². The average molecular weight is 275 g/mol. The molecule has 0 spiro atoms. The van der Waals surface area contributed by atoms with Crippen LogP contribution in [0.1, 0.15) is 32.3 Å². The highest BCUT2D eigenvalue weighted by molar-refractivity contribution is 5.49. The number of nitrogens with zero attached hydrogens (tertiary/aromatic N) is 4. The van der Waals surface area contributed by atoms with Crippen molar-refractivity contribution in [1.29, 1.82) is 0 Å². The molecule has 2 aromatic heterocycles. The molecular formula is C15H25N5. The van der Waals surface area contributed by atoms with Crippen LogP contribution in [-0.4, -0.2) is 45.7 Å². The number of aryl methyl sites for hydroxylation is 1. The van der Waals surface area contributed by atoms with E-state index in [-0.39, 0.29) is 0 Å². The molecule has 0 aromatic carbocycles. The SMILES string of the molecule is Cc1cccn2nc(NCCCCN(C)C(C)C)nc12. The van der Waals surface area contributed by atoms with E-state index in [1.165, 1.54) is 6.42 Å². The summed E-state index contributed by atoms with van der Waals surface area (Å²) < 4.78 is 1.82. The molecule has 2 rings (SSSR count). The molecule has 0 aliphatic rings. The monoisotopic (exact) mass is 275 g/mol. The molecule has 0 unspecified atom stereocenters. The van der Waals surface area contributed by atoms with Gasteiger partial charge in [0.05, 0.1) is 0 Å². The maximum absolute atomic E-state index is 4.50. The van der Waals surface area contributed by atoms with Crippen LogP contribution in [0.5, 0.6) is 0 Å². The number of unbranched alkanes of at least 4 members (excludes halogenated alkanes) is 1. The summed E-state index contributed by atoms with van der Waals surface area (Å²) in [5.74, 6) is 0.719. The third-order valence-corrected chi connectivity index (χ3v) is 3.66. The molecule has 0 aliphatic carbocycles. The van der Waals surface area contributed by atoms with Crippen LogP contribution < -0.4 is 5.32 Å². The lowest BCUT2D eigenvalue weighted by Crippen LogP contribution is -2.27. The summed E-state index contributed by atoms with van der Waals surface area (Å²) in [6.07, 6.45) is 4.25. The minimum atomic E-state index is 0.617. The van der Waals surface area contributed by atoms with Crippen LogP contribution in [0.25, 0.3) is 5.65 Å². The van der Waals surface area contributed by atoms with Crippen molar-refractivity contribution in [1.82, 2.24) is 19.5 Å². The van der Waals surface area contributed by atoms with Gasteiger partial charge in [0.15, 0.2) is 5.65 Å². The second kappa shape index (κ2) is 6.70. The molecule has 0 saturated heterocycles. The fourth-order valence-electron chi connectivity index (χ4n) is 2.06. The molecule has 110 valence electrons. The summed E-state index contributed by atoms with van der Waals surface area (Å²) >= 11 is 0. The molecule has 5 heteroatoms. The van der Waals surface area contributed by atoms with Crippen LogP contribution in [0.2, 0.25) is 0 Å². The number of pyridine rings is 1. The van der Waals surface area contributed by atoms with Crippen LogP contribution in [0.3, 0.4) is 0 Å². The molecule has 1 N–H and O–H groups in total. The van der Waals surface area contributed by atoms with Gasteiger partial charge >= 0.3 is 0 Å². The van der Waals surface area contributed by atoms with Gasteiger partial charge in [0.25, 0.3) is 0 Å². The Morgan fingerprint density at radius 2 is 2.15 bits per heavy atom. The third-order valence-electron chi connectivity index (χ3n) is 3.66. The van der Waals surface area contributed by atoms with Gasteiger partial charge in [-0.25, -0.2) is 4.52 Å². The molecule has 0 aliphatic heterocycles. The highest BCUT2D eigenvalue weighted by atomic mass is 15.3. The highest BCUT2D eigenvalue weighted by Crippen LogP contribution is 2.09. The van der Waals surface area contributed by atoms with Gasteiger partial charge in [-0.1, -0.05) is 6.07 Å². The number of fused-ring (bicyclic) bond motifs is 1. The second-order valence-corrected chi connectivity index (χ2v) is 5.60. The molecular weight excluding hydrogens is 250 g/mol. The van der Waals surface area contributed by atoms with Crippen molar-refractivity contribution in [2.24, 2.45) is 0 Å².